The Morgan fingerprint density at radius 2 is 1.81 bits per heavy atom. The average molecular weight is 218 g/mol. The summed E-state index contributed by atoms with van der Waals surface area (Å²) in [6.45, 7) is 4.19. The molecule has 16 heavy (non-hydrogen) atoms. The molecule has 0 aliphatic heterocycles. The molecule has 0 aromatic heterocycles. The number of aryl methyl sites for hydroxylation is 1. The Labute approximate surface area is 98.2 Å². The van der Waals surface area contributed by atoms with Crippen LogP contribution in [0.2, 0.25) is 0 Å². The smallest absolute Gasteiger partial charge is 0.0282 e. The Bertz CT molecular complexity index is 325. The molecule has 88 valence electrons. The molecular formula is C14H22N2. The number of hydrogen-bond acceptors (Lipinski definition) is 2. The summed E-state index contributed by atoms with van der Waals surface area (Å²) in [4.78, 5) is 0. The van der Waals surface area contributed by atoms with Gasteiger partial charge in [0, 0.05) is 12.1 Å². The largest absolute Gasteiger partial charge is 0.324 e. The minimum absolute atomic E-state index is 0.131. The first-order valence-corrected chi connectivity index (χ1v) is 6.29. The Hall–Kier alpha value is -0.860. The summed E-state index contributed by atoms with van der Waals surface area (Å²) >= 11 is 0. The Morgan fingerprint density at radius 1 is 1.19 bits per heavy atom. The highest BCUT2D eigenvalue weighted by molar-refractivity contribution is 5.22. The molecule has 2 nitrogen and oxygen atoms in total. The van der Waals surface area contributed by atoms with Crippen LogP contribution in [0.3, 0.4) is 0 Å². The normalized spacial score (nSPS) is 17.4. The molecule has 1 saturated carbocycles. The lowest BCUT2D eigenvalue weighted by atomic mass is 10.1. The van der Waals surface area contributed by atoms with Crippen molar-refractivity contribution in [2.75, 3.05) is 13.1 Å². The molecule has 0 atom stereocenters. The first-order chi connectivity index (χ1) is 7.72. The highest BCUT2D eigenvalue weighted by atomic mass is 15.0. The van der Waals surface area contributed by atoms with Crippen molar-refractivity contribution in [3.63, 3.8) is 0 Å². The van der Waals surface area contributed by atoms with E-state index in [0.717, 1.165) is 25.9 Å². The molecule has 2 heteroatoms. The fourth-order valence-electron chi connectivity index (χ4n) is 1.85. The molecule has 0 amide bonds. The van der Waals surface area contributed by atoms with Crippen molar-refractivity contribution < 1.29 is 0 Å². The van der Waals surface area contributed by atoms with Gasteiger partial charge in [0.05, 0.1) is 0 Å². The van der Waals surface area contributed by atoms with Crippen LogP contribution >= 0.6 is 0 Å². The van der Waals surface area contributed by atoms with E-state index in [1.807, 2.05) is 0 Å². The van der Waals surface area contributed by atoms with Gasteiger partial charge in [0.1, 0.15) is 0 Å². The van der Waals surface area contributed by atoms with Gasteiger partial charge >= 0.3 is 0 Å². The molecule has 1 aliphatic carbocycles. The topological polar surface area (TPSA) is 38.0 Å². The first-order valence-electron chi connectivity index (χ1n) is 6.29. The predicted octanol–water partition coefficient (Wildman–Crippen LogP) is 1.87. The first kappa shape index (κ1) is 11.6. The van der Waals surface area contributed by atoms with Gasteiger partial charge in [-0.1, -0.05) is 31.2 Å². The van der Waals surface area contributed by atoms with E-state index >= 15 is 0 Å². The maximum Gasteiger partial charge on any atom is 0.0282 e. The molecule has 0 radical (unpaired) electrons. The van der Waals surface area contributed by atoms with E-state index in [1.165, 1.54) is 24.0 Å². The lowest BCUT2D eigenvalue weighted by Crippen LogP contribution is -2.36. The molecule has 2 rings (SSSR count). The standard InChI is InChI=1S/C14H22N2/c1-2-12-3-5-13(6-4-12)7-10-16-11-14(15)8-9-14/h3-6,16H,2,7-11,15H2,1H3. The zero-order chi connectivity index (χ0) is 11.4. The van der Waals surface area contributed by atoms with Crippen LogP contribution in [0.15, 0.2) is 24.3 Å². The van der Waals surface area contributed by atoms with Crippen molar-refractivity contribution >= 4 is 0 Å². The van der Waals surface area contributed by atoms with Crippen LogP contribution in [-0.2, 0) is 12.8 Å². The lowest BCUT2D eigenvalue weighted by molar-refractivity contribution is 0.571. The Kier molecular flexibility index (Phi) is 3.62. The molecule has 0 heterocycles. The number of nitrogens with two attached hydrogens (primary N) is 1. The fraction of sp³-hybridized carbons (Fsp3) is 0.571. The van der Waals surface area contributed by atoms with Crippen LogP contribution in [0.25, 0.3) is 0 Å². The summed E-state index contributed by atoms with van der Waals surface area (Å²) in [5, 5.41) is 3.44. The van der Waals surface area contributed by atoms with E-state index in [-0.39, 0.29) is 5.54 Å². The maximum absolute atomic E-state index is 6.00. The number of nitrogens with one attached hydrogen (secondary N) is 1. The van der Waals surface area contributed by atoms with Gasteiger partial charge < -0.3 is 11.1 Å². The van der Waals surface area contributed by atoms with E-state index in [2.05, 4.69) is 36.5 Å². The third-order valence-corrected chi connectivity index (χ3v) is 3.39. The van der Waals surface area contributed by atoms with E-state index in [4.69, 9.17) is 5.73 Å². The number of hydrogen-bond donors (Lipinski definition) is 2. The number of benzene rings is 1. The second-order valence-corrected chi connectivity index (χ2v) is 4.96. The highest BCUT2D eigenvalue weighted by Gasteiger charge is 2.37. The quantitative estimate of drug-likeness (QED) is 0.715. The average Bonchev–Trinajstić information content (AvgIpc) is 3.04. The van der Waals surface area contributed by atoms with Crippen LogP contribution in [0.1, 0.15) is 30.9 Å². The SMILES string of the molecule is CCc1ccc(CCNCC2(N)CC2)cc1. The molecule has 1 aliphatic rings. The zero-order valence-electron chi connectivity index (χ0n) is 10.1. The molecule has 0 saturated heterocycles. The second-order valence-electron chi connectivity index (χ2n) is 4.96. The van der Waals surface area contributed by atoms with Gasteiger partial charge in [0.25, 0.3) is 0 Å². The molecule has 0 bridgehead atoms. The zero-order valence-corrected chi connectivity index (χ0v) is 10.1. The predicted molar refractivity (Wildman–Crippen MR) is 68.5 cm³/mol. The van der Waals surface area contributed by atoms with Crippen molar-refractivity contribution in [3.05, 3.63) is 35.4 Å². The molecule has 1 aromatic rings. The van der Waals surface area contributed by atoms with Crippen LogP contribution in [0, 0.1) is 0 Å². The van der Waals surface area contributed by atoms with E-state index in [1.54, 1.807) is 0 Å². The van der Waals surface area contributed by atoms with Crippen LogP contribution < -0.4 is 11.1 Å². The van der Waals surface area contributed by atoms with Gasteiger partial charge in [-0.3, -0.25) is 0 Å². The van der Waals surface area contributed by atoms with E-state index < -0.39 is 0 Å². The molecular weight excluding hydrogens is 196 g/mol. The van der Waals surface area contributed by atoms with Crippen LogP contribution in [-0.4, -0.2) is 18.6 Å². The van der Waals surface area contributed by atoms with Crippen LogP contribution in [0.4, 0.5) is 0 Å². The molecule has 0 unspecified atom stereocenters. The number of rotatable bonds is 6. The molecule has 0 spiro atoms. The van der Waals surface area contributed by atoms with Crippen LogP contribution in [0.5, 0.6) is 0 Å². The summed E-state index contributed by atoms with van der Waals surface area (Å²) < 4.78 is 0. The van der Waals surface area contributed by atoms with Crippen molar-refractivity contribution in [2.24, 2.45) is 5.73 Å². The lowest BCUT2D eigenvalue weighted by Gasteiger charge is -2.10. The minimum Gasteiger partial charge on any atom is -0.324 e. The maximum atomic E-state index is 6.00. The van der Waals surface area contributed by atoms with Gasteiger partial charge in [-0.2, -0.15) is 0 Å². The molecule has 1 aromatic carbocycles. The highest BCUT2D eigenvalue weighted by Crippen LogP contribution is 2.30. The summed E-state index contributed by atoms with van der Waals surface area (Å²) in [7, 11) is 0. The van der Waals surface area contributed by atoms with Gasteiger partial charge in [0.15, 0.2) is 0 Å². The molecule has 3 N–H and O–H groups in total. The van der Waals surface area contributed by atoms with Crippen molar-refractivity contribution in [3.8, 4) is 0 Å². The third kappa shape index (κ3) is 3.32. The third-order valence-electron chi connectivity index (χ3n) is 3.39. The minimum atomic E-state index is 0.131. The summed E-state index contributed by atoms with van der Waals surface area (Å²) in [5.74, 6) is 0. The summed E-state index contributed by atoms with van der Waals surface area (Å²) in [6, 6.07) is 8.91. The fourth-order valence-corrected chi connectivity index (χ4v) is 1.85. The van der Waals surface area contributed by atoms with Gasteiger partial charge in [-0.05, 0) is 43.4 Å². The van der Waals surface area contributed by atoms with Crippen molar-refractivity contribution in [1.82, 2.24) is 5.32 Å². The Balaban J connectivity index is 1.68. The second kappa shape index (κ2) is 4.98. The van der Waals surface area contributed by atoms with Gasteiger partial charge in [-0.25, -0.2) is 0 Å². The van der Waals surface area contributed by atoms with Gasteiger partial charge in [-0.15, -0.1) is 0 Å². The summed E-state index contributed by atoms with van der Waals surface area (Å²) in [6.07, 6.45) is 4.59. The van der Waals surface area contributed by atoms with E-state index in [9.17, 15) is 0 Å². The van der Waals surface area contributed by atoms with E-state index in [0.29, 0.717) is 0 Å². The van der Waals surface area contributed by atoms with Crippen molar-refractivity contribution in [1.29, 1.82) is 0 Å². The van der Waals surface area contributed by atoms with Gasteiger partial charge in [0.2, 0.25) is 0 Å². The van der Waals surface area contributed by atoms with Crippen molar-refractivity contribution in [2.45, 2.75) is 38.1 Å². The Morgan fingerprint density at radius 3 is 2.38 bits per heavy atom. The monoisotopic (exact) mass is 218 g/mol. The summed E-state index contributed by atoms with van der Waals surface area (Å²) in [5.41, 5.74) is 8.95. The molecule has 1 fully saturated rings.